The lowest BCUT2D eigenvalue weighted by atomic mass is 9.72. The largest absolute Gasteiger partial charge is 0.340 e. The Balaban J connectivity index is 1.91. The molecular weight excluding hydrogens is 288 g/mol. The first-order valence-electron chi connectivity index (χ1n) is 7.98. The van der Waals surface area contributed by atoms with Crippen LogP contribution >= 0.6 is 0 Å². The van der Waals surface area contributed by atoms with Crippen molar-refractivity contribution in [2.24, 2.45) is 5.41 Å². The SMILES string of the molecule is CCCC(C)N1CCCC2(CN(CCS(C)(=O)=O)C2=O)C1. The lowest BCUT2D eigenvalue weighted by Crippen LogP contribution is -2.68. The van der Waals surface area contributed by atoms with E-state index in [9.17, 15) is 13.2 Å². The van der Waals surface area contributed by atoms with E-state index < -0.39 is 9.84 Å². The van der Waals surface area contributed by atoms with Crippen molar-refractivity contribution in [3.05, 3.63) is 0 Å². The predicted octanol–water partition coefficient (Wildman–Crippen LogP) is 1.14. The highest BCUT2D eigenvalue weighted by Gasteiger charge is 2.53. The van der Waals surface area contributed by atoms with E-state index in [0.29, 0.717) is 12.6 Å². The summed E-state index contributed by atoms with van der Waals surface area (Å²) in [6.07, 6.45) is 5.58. The van der Waals surface area contributed by atoms with Gasteiger partial charge in [0, 0.05) is 31.9 Å². The van der Waals surface area contributed by atoms with Gasteiger partial charge in [-0.25, -0.2) is 8.42 Å². The molecule has 0 aromatic heterocycles. The maximum absolute atomic E-state index is 12.5. The Labute approximate surface area is 128 Å². The van der Waals surface area contributed by atoms with Crippen LogP contribution in [0.2, 0.25) is 0 Å². The minimum atomic E-state index is -3.00. The maximum Gasteiger partial charge on any atom is 0.231 e. The highest BCUT2D eigenvalue weighted by molar-refractivity contribution is 7.90. The van der Waals surface area contributed by atoms with Crippen molar-refractivity contribution in [2.75, 3.05) is 38.2 Å². The average Bonchev–Trinajstić information content (AvgIpc) is 2.42. The lowest BCUT2D eigenvalue weighted by molar-refractivity contribution is -0.166. The fourth-order valence-corrected chi connectivity index (χ4v) is 4.21. The number of carbonyl (C=O) groups excluding carboxylic acids is 1. The van der Waals surface area contributed by atoms with Crippen molar-refractivity contribution >= 4 is 15.7 Å². The molecule has 2 aliphatic rings. The average molecular weight is 316 g/mol. The second-order valence-corrected chi connectivity index (χ2v) is 9.11. The summed E-state index contributed by atoms with van der Waals surface area (Å²) < 4.78 is 22.4. The Bertz CT molecular complexity index is 491. The summed E-state index contributed by atoms with van der Waals surface area (Å²) >= 11 is 0. The van der Waals surface area contributed by atoms with Crippen molar-refractivity contribution in [3.8, 4) is 0 Å². The van der Waals surface area contributed by atoms with E-state index in [1.54, 1.807) is 4.90 Å². The van der Waals surface area contributed by atoms with Gasteiger partial charge < -0.3 is 4.90 Å². The molecule has 0 aromatic carbocycles. The van der Waals surface area contributed by atoms with Crippen LogP contribution in [0.5, 0.6) is 0 Å². The molecule has 6 heteroatoms. The first-order valence-corrected chi connectivity index (χ1v) is 10.0. The zero-order valence-corrected chi connectivity index (χ0v) is 14.3. The lowest BCUT2D eigenvalue weighted by Gasteiger charge is -2.54. The van der Waals surface area contributed by atoms with Gasteiger partial charge in [-0.05, 0) is 32.7 Å². The standard InChI is InChI=1S/C15H28N2O3S/c1-4-6-13(2)16-8-5-7-15(11-16)12-17(14(15)18)9-10-21(3,19)20/h13H,4-12H2,1-3H3. The van der Waals surface area contributed by atoms with Crippen LogP contribution < -0.4 is 0 Å². The Hall–Kier alpha value is -0.620. The molecule has 2 atom stereocenters. The third kappa shape index (κ3) is 3.77. The van der Waals surface area contributed by atoms with Gasteiger partial charge in [0.25, 0.3) is 0 Å². The first kappa shape index (κ1) is 16.7. The van der Waals surface area contributed by atoms with Crippen LogP contribution in [-0.4, -0.2) is 68.4 Å². The molecular formula is C15H28N2O3S. The fourth-order valence-electron chi connectivity index (χ4n) is 3.65. The first-order chi connectivity index (χ1) is 9.77. The number of carbonyl (C=O) groups is 1. The van der Waals surface area contributed by atoms with Crippen LogP contribution in [0.25, 0.3) is 0 Å². The van der Waals surface area contributed by atoms with Gasteiger partial charge in [0.2, 0.25) is 5.91 Å². The quantitative estimate of drug-likeness (QED) is 0.690. The number of sulfone groups is 1. The molecule has 2 fully saturated rings. The second kappa shape index (κ2) is 6.24. The van der Waals surface area contributed by atoms with Gasteiger partial charge in [0.05, 0.1) is 11.2 Å². The van der Waals surface area contributed by atoms with Gasteiger partial charge in [0.15, 0.2) is 0 Å². The summed E-state index contributed by atoms with van der Waals surface area (Å²) in [5, 5.41) is 0. The van der Waals surface area contributed by atoms with E-state index in [1.807, 2.05) is 0 Å². The van der Waals surface area contributed by atoms with Crippen molar-refractivity contribution in [1.82, 2.24) is 9.80 Å². The van der Waals surface area contributed by atoms with Crippen LogP contribution in [0.4, 0.5) is 0 Å². The van der Waals surface area contributed by atoms with Crippen molar-refractivity contribution in [1.29, 1.82) is 0 Å². The van der Waals surface area contributed by atoms with E-state index in [4.69, 9.17) is 0 Å². The van der Waals surface area contributed by atoms with E-state index in [1.165, 1.54) is 19.1 Å². The van der Waals surface area contributed by atoms with E-state index in [0.717, 1.165) is 32.5 Å². The van der Waals surface area contributed by atoms with Gasteiger partial charge in [-0.2, -0.15) is 0 Å². The minimum absolute atomic E-state index is 0.0742. The summed E-state index contributed by atoms with van der Waals surface area (Å²) in [7, 11) is -3.00. The molecule has 0 aliphatic carbocycles. The van der Waals surface area contributed by atoms with Crippen LogP contribution in [0.1, 0.15) is 39.5 Å². The molecule has 0 aromatic rings. The third-order valence-corrected chi connectivity index (χ3v) is 5.83. The highest BCUT2D eigenvalue weighted by Crippen LogP contribution is 2.40. The molecule has 1 spiro atoms. The number of likely N-dealkylation sites (tertiary alicyclic amines) is 2. The van der Waals surface area contributed by atoms with Gasteiger partial charge in [-0.1, -0.05) is 13.3 Å². The van der Waals surface area contributed by atoms with E-state index in [2.05, 4.69) is 18.7 Å². The molecule has 2 rings (SSSR count). The van der Waals surface area contributed by atoms with Gasteiger partial charge in [0.1, 0.15) is 9.84 Å². The van der Waals surface area contributed by atoms with Gasteiger partial charge in [-0.15, -0.1) is 0 Å². The fraction of sp³-hybridized carbons (Fsp3) is 0.933. The summed E-state index contributed by atoms with van der Waals surface area (Å²) in [5.41, 5.74) is -0.224. The van der Waals surface area contributed by atoms with E-state index >= 15 is 0 Å². The summed E-state index contributed by atoms with van der Waals surface area (Å²) in [6.45, 7) is 7.45. The molecule has 122 valence electrons. The molecule has 0 radical (unpaired) electrons. The summed E-state index contributed by atoms with van der Waals surface area (Å²) in [4.78, 5) is 16.6. The molecule has 2 aliphatic heterocycles. The van der Waals surface area contributed by atoms with Crippen molar-refractivity contribution < 1.29 is 13.2 Å². The van der Waals surface area contributed by atoms with E-state index in [-0.39, 0.29) is 17.1 Å². The molecule has 0 bridgehead atoms. The molecule has 2 heterocycles. The number of amides is 1. The molecule has 1 amide bonds. The highest BCUT2D eigenvalue weighted by atomic mass is 32.2. The molecule has 0 saturated carbocycles. The number of β-lactam (4-membered cyclic amide) rings is 1. The zero-order chi connectivity index (χ0) is 15.7. The zero-order valence-electron chi connectivity index (χ0n) is 13.5. The Morgan fingerprint density at radius 2 is 2.05 bits per heavy atom. The smallest absolute Gasteiger partial charge is 0.231 e. The van der Waals surface area contributed by atoms with Crippen LogP contribution in [0, 0.1) is 5.41 Å². The summed E-state index contributed by atoms with van der Waals surface area (Å²) in [6, 6.07) is 0.532. The number of nitrogens with zero attached hydrogens (tertiary/aromatic N) is 2. The Morgan fingerprint density at radius 3 is 2.62 bits per heavy atom. The van der Waals surface area contributed by atoms with Gasteiger partial charge in [-0.3, -0.25) is 9.69 Å². The number of hydrogen-bond acceptors (Lipinski definition) is 4. The molecule has 21 heavy (non-hydrogen) atoms. The molecule has 0 N–H and O–H groups in total. The topological polar surface area (TPSA) is 57.7 Å². The van der Waals surface area contributed by atoms with Crippen LogP contribution in [0.3, 0.4) is 0 Å². The van der Waals surface area contributed by atoms with Gasteiger partial charge >= 0.3 is 0 Å². The number of piperidine rings is 1. The second-order valence-electron chi connectivity index (χ2n) is 6.85. The number of hydrogen-bond donors (Lipinski definition) is 0. The van der Waals surface area contributed by atoms with Crippen molar-refractivity contribution in [3.63, 3.8) is 0 Å². The van der Waals surface area contributed by atoms with Crippen LogP contribution in [0.15, 0.2) is 0 Å². The molecule has 5 nitrogen and oxygen atoms in total. The Kier molecular flexibility index (Phi) is 4.98. The predicted molar refractivity (Wildman–Crippen MR) is 83.9 cm³/mol. The Morgan fingerprint density at radius 1 is 1.33 bits per heavy atom. The molecule has 2 saturated heterocycles. The third-order valence-electron chi connectivity index (χ3n) is 4.90. The normalized spacial score (nSPS) is 28.7. The van der Waals surface area contributed by atoms with Crippen molar-refractivity contribution in [2.45, 2.75) is 45.6 Å². The maximum atomic E-state index is 12.5. The molecule has 2 unspecified atom stereocenters. The minimum Gasteiger partial charge on any atom is -0.340 e. The monoisotopic (exact) mass is 316 g/mol. The summed E-state index contributed by atoms with van der Waals surface area (Å²) in [5.74, 6) is 0.240. The number of rotatable bonds is 6. The van der Waals surface area contributed by atoms with Crippen LogP contribution in [-0.2, 0) is 14.6 Å².